The van der Waals surface area contributed by atoms with Gasteiger partial charge in [-0.3, -0.25) is 9.59 Å². The molecule has 0 aromatic heterocycles. The van der Waals surface area contributed by atoms with Crippen LogP contribution in [0.5, 0.6) is 0 Å². The second-order valence-corrected chi connectivity index (χ2v) is 5.11. The van der Waals surface area contributed by atoms with Gasteiger partial charge in [-0.15, -0.1) is 0 Å². The zero-order valence-corrected chi connectivity index (χ0v) is 11.1. The van der Waals surface area contributed by atoms with Gasteiger partial charge in [0.05, 0.1) is 0 Å². The molecule has 4 heteroatoms. The first-order valence-corrected chi connectivity index (χ1v) is 6.53. The number of hydrogen-bond acceptors (Lipinski definition) is 2. The van der Waals surface area contributed by atoms with E-state index in [2.05, 4.69) is 5.32 Å². The molecule has 1 fully saturated rings. The van der Waals surface area contributed by atoms with Crippen molar-refractivity contribution in [2.45, 2.75) is 38.6 Å². The molecule has 0 radical (unpaired) electrons. The first-order valence-electron chi connectivity index (χ1n) is 6.15. The van der Waals surface area contributed by atoms with Crippen molar-refractivity contribution in [3.05, 3.63) is 34.3 Å². The Balaban J connectivity index is 2.03. The molecular formula is C14H16ClNO2. The van der Waals surface area contributed by atoms with E-state index in [0.29, 0.717) is 29.2 Å². The lowest BCUT2D eigenvalue weighted by Gasteiger charge is -2.22. The van der Waals surface area contributed by atoms with Crippen LogP contribution in [-0.2, 0) is 4.79 Å². The minimum Gasteiger partial charge on any atom is -0.349 e. The predicted molar refractivity (Wildman–Crippen MR) is 70.9 cm³/mol. The maximum atomic E-state index is 12.1. The zero-order chi connectivity index (χ0) is 13.1. The zero-order valence-electron chi connectivity index (χ0n) is 10.3. The standard InChI is InChI=1S/C14H16ClNO2/c1-9-12(3-2-4-13(9)15)14(18)16-10-5-7-11(17)8-6-10/h2-4,10H,5-8H2,1H3,(H,16,18). The number of hydrogen-bond donors (Lipinski definition) is 1. The van der Waals surface area contributed by atoms with Gasteiger partial charge in [0.1, 0.15) is 5.78 Å². The van der Waals surface area contributed by atoms with Crippen LogP contribution in [0, 0.1) is 6.92 Å². The molecule has 1 amide bonds. The molecule has 1 saturated carbocycles. The fourth-order valence-electron chi connectivity index (χ4n) is 2.20. The number of carbonyl (C=O) groups is 2. The molecule has 1 aromatic rings. The number of nitrogens with one attached hydrogen (secondary N) is 1. The van der Waals surface area contributed by atoms with Crippen LogP contribution in [0.1, 0.15) is 41.6 Å². The highest BCUT2D eigenvalue weighted by Crippen LogP contribution is 2.20. The summed E-state index contributed by atoms with van der Waals surface area (Å²) < 4.78 is 0. The second-order valence-electron chi connectivity index (χ2n) is 4.70. The molecule has 1 aromatic carbocycles. The summed E-state index contributed by atoms with van der Waals surface area (Å²) in [6, 6.07) is 5.42. The van der Waals surface area contributed by atoms with Crippen LogP contribution in [0.25, 0.3) is 0 Å². The molecular weight excluding hydrogens is 250 g/mol. The molecule has 1 N–H and O–H groups in total. The van der Waals surface area contributed by atoms with Crippen LogP contribution in [0.15, 0.2) is 18.2 Å². The van der Waals surface area contributed by atoms with Crippen LogP contribution in [0.3, 0.4) is 0 Å². The van der Waals surface area contributed by atoms with Crippen molar-refractivity contribution in [3.63, 3.8) is 0 Å². The molecule has 0 unspecified atom stereocenters. The van der Waals surface area contributed by atoms with Crippen LogP contribution in [-0.4, -0.2) is 17.7 Å². The van der Waals surface area contributed by atoms with Crippen molar-refractivity contribution in [1.29, 1.82) is 0 Å². The molecule has 0 heterocycles. The topological polar surface area (TPSA) is 46.2 Å². The molecule has 96 valence electrons. The SMILES string of the molecule is Cc1c(Cl)cccc1C(=O)NC1CCC(=O)CC1. The summed E-state index contributed by atoms with van der Waals surface area (Å²) in [5, 5.41) is 3.57. The van der Waals surface area contributed by atoms with E-state index in [-0.39, 0.29) is 11.9 Å². The highest BCUT2D eigenvalue weighted by atomic mass is 35.5. The Hall–Kier alpha value is -1.35. The Morgan fingerprint density at radius 2 is 2.00 bits per heavy atom. The van der Waals surface area contributed by atoms with Crippen LogP contribution >= 0.6 is 11.6 Å². The van der Waals surface area contributed by atoms with Gasteiger partial charge in [0.2, 0.25) is 0 Å². The Morgan fingerprint density at radius 1 is 1.33 bits per heavy atom. The van der Waals surface area contributed by atoms with Crippen molar-refractivity contribution in [2.24, 2.45) is 0 Å². The molecule has 2 rings (SSSR count). The molecule has 0 saturated heterocycles. The van der Waals surface area contributed by atoms with Crippen molar-refractivity contribution >= 4 is 23.3 Å². The van der Waals surface area contributed by atoms with E-state index >= 15 is 0 Å². The first-order chi connectivity index (χ1) is 8.58. The summed E-state index contributed by atoms with van der Waals surface area (Å²) in [5.41, 5.74) is 1.41. The lowest BCUT2D eigenvalue weighted by atomic mass is 9.94. The summed E-state index contributed by atoms with van der Waals surface area (Å²) in [4.78, 5) is 23.2. The molecule has 0 aliphatic heterocycles. The fraction of sp³-hybridized carbons (Fsp3) is 0.429. The molecule has 18 heavy (non-hydrogen) atoms. The third-order valence-corrected chi connectivity index (χ3v) is 3.80. The van der Waals surface area contributed by atoms with E-state index in [1.807, 2.05) is 6.92 Å². The van der Waals surface area contributed by atoms with Crippen LogP contribution in [0.4, 0.5) is 0 Å². The van der Waals surface area contributed by atoms with E-state index in [9.17, 15) is 9.59 Å². The number of benzene rings is 1. The minimum absolute atomic E-state index is 0.102. The maximum absolute atomic E-state index is 12.1. The summed E-state index contributed by atoms with van der Waals surface area (Å²) >= 11 is 6.00. The highest BCUT2D eigenvalue weighted by molar-refractivity contribution is 6.31. The van der Waals surface area contributed by atoms with Crippen molar-refractivity contribution < 1.29 is 9.59 Å². The van der Waals surface area contributed by atoms with Crippen LogP contribution < -0.4 is 5.32 Å². The van der Waals surface area contributed by atoms with Crippen molar-refractivity contribution in [3.8, 4) is 0 Å². The largest absolute Gasteiger partial charge is 0.349 e. The average molecular weight is 266 g/mol. The van der Waals surface area contributed by atoms with E-state index < -0.39 is 0 Å². The molecule has 0 bridgehead atoms. The number of amides is 1. The van der Waals surface area contributed by atoms with Gasteiger partial charge in [-0.2, -0.15) is 0 Å². The Kier molecular flexibility index (Phi) is 4.02. The predicted octanol–water partition coefficient (Wildman–Crippen LogP) is 2.89. The van der Waals surface area contributed by atoms with Gasteiger partial charge >= 0.3 is 0 Å². The maximum Gasteiger partial charge on any atom is 0.251 e. The van der Waals surface area contributed by atoms with Crippen molar-refractivity contribution in [1.82, 2.24) is 5.32 Å². The van der Waals surface area contributed by atoms with Gasteiger partial charge in [-0.05, 0) is 37.5 Å². The van der Waals surface area contributed by atoms with Crippen LogP contribution in [0.2, 0.25) is 5.02 Å². The van der Waals surface area contributed by atoms with E-state index in [0.717, 1.165) is 18.4 Å². The average Bonchev–Trinajstić information content (AvgIpc) is 2.35. The number of carbonyl (C=O) groups excluding carboxylic acids is 2. The number of ketones is 1. The summed E-state index contributed by atoms with van der Waals surface area (Å²) in [6.45, 7) is 1.83. The Morgan fingerprint density at radius 3 is 2.67 bits per heavy atom. The number of Topliss-reactive ketones (excluding diaryl/α,β-unsaturated/α-hetero) is 1. The van der Waals surface area contributed by atoms with Gasteiger partial charge in [0.25, 0.3) is 5.91 Å². The Labute approximate surface area is 112 Å². The lowest BCUT2D eigenvalue weighted by molar-refractivity contribution is -0.120. The second kappa shape index (κ2) is 5.53. The lowest BCUT2D eigenvalue weighted by Crippen LogP contribution is -2.38. The molecule has 1 aliphatic carbocycles. The molecule has 0 spiro atoms. The summed E-state index contributed by atoms with van der Waals surface area (Å²) in [6.07, 6.45) is 2.62. The van der Waals surface area contributed by atoms with Crippen molar-refractivity contribution in [2.75, 3.05) is 0 Å². The summed E-state index contributed by atoms with van der Waals surface area (Å²) in [5.74, 6) is 0.189. The van der Waals surface area contributed by atoms with E-state index in [4.69, 9.17) is 11.6 Å². The monoisotopic (exact) mass is 265 g/mol. The fourth-order valence-corrected chi connectivity index (χ4v) is 2.38. The molecule has 0 atom stereocenters. The van der Waals surface area contributed by atoms with Gasteiger partial charge in [-0.25, -0.2) is 0 Å². The van der Waals surface area contributed by atoms with Gasteiger partial charge in [0, 0.05) is 29.5 Å². The third-order valence-electron chi connectivity index (χ3n) is 3.39. The minimum atomic E-state index is -0.102. The van der Waals surface area contributed by atoms with E-state index in [1.165, 1.54) is 0 Å². The third kappa shape index (κ3) is 2.91. The molecule has 1 aliphatic rings. The van der Waals surface area contributed by atoms with E-state index in [1.54, 1.807) is 18.2 Å². The molecule has 3 nitrogen and oxygen atoms in total. The number of halogens is 1. The normalized spacial score (nSPS) is 16.7. The quantitative estimate of drug-likeness (QED) is 0.894. The highest BCUT2D eigenvalue weighted by Gasteiger charge is 2.21. The number of rotatable bonds is 2. The van der Waals surface area contributed by atoms with Gasteiger partial charge < -0.3 is 5.32 Å². The smallest absolute Gasteiger partial charge is 0.251 e. The van der Waals surface area contributed by atoms with Gasteiger partial charge in [0.15, 0.2) is 0 Å². The van der Waals surface area contributed by atoms with Gasteiger partial charge in [-0.1, -0.05) is 17.7 Å². The summed E-state index contributed by atoms with van der Waals surface area (Å²) in [7, 11) is 0. The Bertz CT molecular complexity index is 475. The first kappa shape index (κ1) is 13.1.